The zero-order chi connectivity index (χ0) is 18.2. The highest BCUT2D eigenvalue weighted by molar-refractivity contribution is 6.34. The van der Waals surface area contributed by atoms with Crippen LogP contribution < -0.4 is 11.1 Å². The Morgan fingerprint density at radius 3 is 2.80 bits per heavy atom. The molecule has 8 heteroatoms. The molecule has 25 heavy (non-hydrogen) atoms. The van der Waals surface area contributed by atoms with Gasteiger partial charge < -0.3 is 11.1 Å². The molecule has 1 aliphatic rings. The van der Waals surface area contributed by atoms with Gasteiger partial charge in [-0.3, -0.25) is 9.79 Å². The lowest BCUT2D eigenvalue weighted by Gasteiger charge is -2.09. The summed E-state index contributed by atoms with van der Waals surface area (Å²) >= 11 is 11.9. The van der Waals surface area contributed by atoms with Crippen LogP contribution in [0.25, 0.3) is 0 Å². The first kappa shape index (κ1) is 19.4. The molecular formula is C17H21Cl2N5O. The number of nitrogens with one attached hydrogen (secondary N) is 1. The molecule has 3 N–H and O–H groups in total. The zero-order valence-electron chi connectivity index (χ0n) is 14.0. The second-order valence-electron chi connectivity index (χ2n) is 5.86. The fourth-order valence-corrected chi connectivity index (χ4v) is 2.44. The monoisotopic (exact) mass is 381 g/mol. The number of nitrogens with zero attached hydrogens (tertiary/aromatic N) is 3. The minimum Gasteiger partial charge on any atom is -0.382 e. The van der Waals surface area contributed by atoms with Crippen LogP contribution in [-0.2, 0) is 4.79 Å². The number of aromatic nitrogens is 2. The Bertz CT molecular complexity index is 693. The van der Waals surface area contributed by atoms with Gasteiger partial charge in [0.05, 0.1) is 29.5 Å². The third kappa shape index (κ3) is 6.84. The number of allylic oxidation sites excluding steroid dienone is 3. The van der Waals surface area contributed by atoms with E-state index in [-0.39, 0.29) is 18.3 Å². The quantitative estimate of drug-likeness (QED) is 0.311. The van der Waals surface area contributed by atoms with Crippen molar-refractivity contribution in [1.82, 2.24) is 9.97 Å². The second-order valence-corrected chi connectivity index (χ2v) is 6.58. The van der Waals surface area contributed by atoms with Crippen molar-refractivity contribution in [1.29, 1.82) is 0 Å². The van der Waals surface area contributed by atoms with E-state index in [1.54, 1.807) is 12.2 Å². The number of hydrogen-bond donors (Lipinski definition) is 2. The van der Waals surface area contributed by atoms with Crippen LogP contribution in [0.3, 0.4) is 0 Å². The van der Waals surface area contributed by atoms with Crippen LogP contribution >= 0.6 is 23.2 Å². The molecule has 1 heterocycles. The molecule has 0 aliphatic heterocycles. The van der Waals surface area contributed by atoms with E-state index >= 15 is 0 Å². The second kappa shape index (κ2) is 9.53. The summed E-state index contributed by atoms with van der Waals surface area (Å²) in [6.45, 7) is 2.17. The van der Waals surface area contributed by atoms with Gasteiger partial charge >= 0.3 is 0 Å². The van der Waals surface area contributed by atoms with E-state index in [2.05, 4.69) is 20.3 Å². The van der Waals surface area contributed by atoms with Crippen LogP contribution in [0.2, 0.25) is 0 Å². The third-order valence-corrected chi connectivity index (χ3v) is 4.15. The Kier molecular flexibility index (Phi) is 7.40. The molecule has 0 unspecified atom stereocenters. The Balaban J connectivity index is 2.13. The van der Waals surface area contributed by atoms with Gasteiger partial charge in [-0.2, -0.15) is 0 Å². The number of alkyl halides is 1. The van der Waals surface area contributed by atoms with Gasteiger partial charge in [-0.25, -0.2) is 9.97 Å². The van der Waals surface area contributed by atoms with Crippen LogP contribution in [0, 0.1) is 5.92 Å². The first-order valence-electron chi connectivity index (χ1n) is 7.99. The molecule has 134 valence electrons. The molecule has 2 rings (SSSR count). The van der Waals surface area contributed by atoms with Gasteiger partial charge in [-0.05, 0) is 38.2 Å². The Hall–Kier alpha value is -1.92. The number of amides is 1. The molecule has 0 radical (unpaired) electrons. The Morgan fingerprint density at radius 1 is 1.44 bits per heavy atom. The first-order valence-corrected chi connectivity index (χ1v) is 8.90. The first-order chi connectivity index (χ1) is 12.0. The van der Waals surface area contributed by atoms with Gasteiger partial charge in [0.15, 0.2) is 5.82 Å². The number of rotatable bonds is 8. The summed E-state index contributed by atoms with van der Waals surface area (Å²) < 4.78 is 0. The maximum atomic E-state index is 12.6. The maximum absolute atomic E-state index is 12.6. The molecule has 1 saturated carbocycles. The highest BCUT2D eigenvalue weighted by Crippen LogP contribution is 2.32. The zero-order valence-corrected chi connectivity index (χ0v) is 15.5. The summed E-state index contributed by atoms with van der Waals surface area (Å²) in [7, 11) is 0. The van der Waals surface area contributed by atoms with E-state index in [1.807, 2.05) is 6.92 Å². The van der Waals surface area contributed by atoms with E-state index in [0.717, 1.165) is 18.1 Å². The normalized spacial score (nSPS) is 16.0. The van der Waals surface area contributed by atoms with Gasteiger partial charge in [-0.15, -0.1) is 11.6 Å². The number of nitrogen functional groups attached to an aromatic ring is 1. The highest BCUT2D eigenvalue weighted by Gasteiger charge is 2.22. The van der Waals surface area contributed by atoms with E-state index in [9.17, 15) is 4.79 Å². The third-order valence-electron chi connectivity index (χ3n) is 3.62. The summed E-state index contributed by atoms with van der Waals surface area (Å²) in [5.74, 6) is 1.23. The number of nitrogens with two attached hydrogens (primary N) is 1. The lowest BCUT2D eigenvalue weighted by Crippen LogP contribution is -2.18. The van der Waals surface area contributed by atoms with Crippen molar-refractivity contribution in [2.45, 2.75) is 26.2 Å². The van der Waals surface area contributed by atoms with Crippen molar-refractivity contribution in [3.63, 3.8) is 0 Å². The van der Waals surface area contributed by atoms with Crippen LogP contribution in [0.1, 0.15) is 26.2 Å². The molecule has 1 aromatic heterocycles. The largest absolute Gasteiger partial charge is 0.382 e. The molecule has 0 spiro atoms. The lowest BCUT2D eigenvalue weighted by atomic mass is 10.2. The van der Waals surface area contributed by atoms with E-state index in [0.29, 0.717) is 22.3 Å². The smallest absolute Gasteiger partial charge is 0.256 e. The van der Waals surface area contributed by atoms with E-state index in [1.165, 1.54) is 25.2 Å². The number of carbonyl (C=O) groups is 1. The fraction of sp³-hybridized carbons (Fsp3) is 0.412. The van der Waals surface area contributed by atoms with Crippen LogP contribution in [0.4, 0.5) is 11.6 Å². The van der Waals surface area contributed by atoms with Crippen LogP contribution in [-0.4, -0.2) is 34.0 Å². The van der Waals surface area contributed by atoms with Gasteiger partial charge in [0.2, 0.25) is 0 Å². The molecule has 0 atom stereocenters. The van der Waals surface area contributed by atoms with E-state index < -0.39 is 0 Å². The van der Waals surface area contributed by atoms with Gasteiger partial charge in [0.1, 0.15) is 5.82 Å². The number of carbonyl (C=O) groups excluding carboxylic acids is 1. The predicted molar refractivity (Wildman–Crippen MR) is 103 cm³/mol. The summed E-state index contributed by atoms with van der Waals surface area (Å²) in [5, 5.41) is 2.95. The van der Waals surface area contributed by atoms with Crippen LogP contribution in [0.5, 0.6) is 0 Å². The summed E-state index contributed by atoms with van der Waals surface area (Å²) in [5.41, 5.74) is 6.85. The van der Waals surface area contributed by atoms with Crippen molar-refractivity contribution in [2.24, 2.45) is 10.9 Å². The summed E-state index contributed by atoms with van der Waals surface area (Å²) in [6, 6.07) is 0. The molecule has 1 amide bonds. The Morgan fingerprint density at radius 2 is 2.20 bits per heavy atom. The van der Waals surface area contributed by atoms with Gasteiger partial charge in [0.25, 0.3) is 5.91 Å². The average molecular weight is 382 g/mol. The van der Waals surface area contributed by atoms with Crippen molar-refractivity contribution >= 4 is 46.5 Å². The van der Waals surface area contributed by atoms with Crippen molar-refractivity contribution in [3.05, 3.63) is 35.2 Å². The molecular weight excluding hydrogens is 361 g/mol. The standard InChI is InChI=1S/C17H21Cl2N5O/c1-11(7-12-4-5-12)21-8-13(14(19)3-2-6-18)17(25)24-16-10-22-15(20)9-23-16/h2-3,9-10,12H,4-8H2,1H3,(H2,20,22)(H,23,24,25)/b3-2-,14-13-,21-11?. The maximum Gasteiger partial charge on any atom is 0.256 e. The fourth-order valence-electron chi connectivity index (χ4n) is 2.12. The molecule has 6 nitrogen and oxygen atoms in total. The van der Waals surface area contributed by atoms with E-state index in [4.69, 9.17) is 28.9 Å². The summed E-state index contributed by atoms with van der Waals surface area (Å²) in [4.78, 5) is 25.0. The van der Waals surface area contributed by atoms with Crippen molar-refractivity contribution in [3.8, 4) is 0 Å². The Labute approximate surface area is 157 Å². The van der Waals surface area contributed by atoms with Crippen molar-refractivity contribution < 1.29 is 4.79 Å². The predicted octanol–water partition coefficient (Wildman–Crippen LogP) is 3.55. The minimum atomic E-state index is -0.383. The lowest BCUT2D eigenvalue weighted by molar-refractivity contribution is -0.112. The highest BCUT2D eigenvalue weighted by atomic mass is 35.5. The average Bonchev–Trinajstić information content (AvgIpc) is 3.39. The number of aliphatic imine (C=N–C) groups is 1. The molecule has 1 aliphatic carbocycles. The number of anilines is 2. The number of hydrogen-bond acceptors (Lipinski definition) is 5. The minimum absolute atomic E-state index is 0.193. The van der Waals surface area contributed by atoms with Gasteiger partial charge in [0, 0.05) is 11.6 Å². The summed E-state index contributed by atoms with van der Waals surface area (Å²) in [6.07, 6.45) is 9.50. The molecule has 1 aromatic rings. The SMILES string of the molecule is CC(CC1CC1)=NC/C(C(=O)Nc1cnc(N)cn1)=C(Cl)\C=C/CCl. The molecule has 1 fully saturated rings. The van der Waals surface area contributed by atoms with Crippen LogP contribution in [0.15, 0.2) is 40.1 Å². The van der Waals surface area contributed by atoms with Crippen molar-refractivity contribution in [2.75, 3.05) is 23.5 Å². The number of halogens is 2. The topological polar surface area (TPSA) is 93.3 Å². The molecule has 0 aromatic carbocycles. The molecule has 0 bridgehead atoms. The van der Waals surface area contributed by atoms with Gasteiger partial charge in [-0.1, -0.05) is 17.7 Å². The molecule has 0 saturated heterocycles.